The first kappa shape index (κ1) is 15.0. The fourth-order valence-electron chi connectivity index (χ4n) is 8.58. The van der Waals surface area contributed by atoms with E-state index in [0.29, 0.717) is 35.9 Å². The van der Waals surface area contributed by atoms with Gasteiger partial charge >= 0.3 is 0 Å². The van der Waals surface area contributed by atoms with Crippen LogP contribution >= 0.6 is 0 Å². The van der Waals surface area contributed by atoms with Gasteiger partial charge in [-0.3, -0.25) is 4.48 Å². The highest BCUT2D eigenvalue weighted by molar-refractivity contribution is 5.66. The Morgan fingerprint density at radius 3 is 2.76 bits per heavy atom. The Bertz CT molecular complexity index is 768. The Morgan fingerprint density at radius 1 is 1.24 bits per heavy atom. The third-order valence-corrected chi connectivity index (χ3v) is 9.39. The lowest BCUT2D eigenvalue weighted by Crippen LogP contribution is -2.81. The second kappa shape index (κ2) is 4.24. The molecular formula is C21H29N2O2+. The van der Waals surface area contributed by atoms with Crippen LogP contribution in [0.15, 0.2) is 24.3 Å². The molecule has 0 aromatic heterocycles. The quantitative estimate of drug-likeness (QED) is 0.764. The smallest absolute Gasteiger partial charge is 0.193 e. The van der Waals surface area contributed by atoms with E-state index in [1.807, 2.05) is 0 Å². The number of quaternary nitrogens is 1. The van der Waals surface area contributed by atoms with E-state index in [-0.39, 0.29) is 17.7 Å². The van der Waals surface area contributed by atoms with Crippen LogP contribution in [-0.4, -0.2) is 59.2 Å². The molecule has 10 atom stereocenters. The van der Waals surface area contributed by atoms with Crippen LogP contribution in [0.1, 0.15) is 31.7 Å². The Morgan fingerprint density at radius 2 is 2.00 bits per heavy atom. The molecule has 25 heavy (non-hydrogen) atoms. The lowest BCUT2D eigenvalue weighted by atomic mass is 9.61. The van der Waals surface area contributed by atoms with Crippen molar-refractivity contribution in [3.63, 3.8) is 0 Å². The average Bonchev–Trinajstić information content (AvgIpc) is 2.99. The molecule has 4 saturated heterocycles. The second-order valence-electron chi connectivity index (χ2n) is 9.58. The van der Waals surface area contributed by atoms with Crippen LogP contribution < -0.4 is 4.90 Å². The fraction of sp³-hybridized carbons (Fsp3) is 0.714. The number of aliphatic hydroxyl groups is 2. The number of hydrogen-bond donors (Lipinski definition) is 2. The Kier molecular flexibility index (Phi) is 2.54. The molecule has 2 unspecified atom stereocenters. The van der Waals surface area contributed by atoms with Crippen molar-refractivity contribution in [3.05, 3.63) is 29.8 Å². The molecule has 1 spiro atoms. The molecule has 134 valence electrons. The van der Waals surface area contributed by atoms with Gasteiger partial charge in [-0.15, -0.1) is 0 Å². The lowest BCUT2D eigenvalue weighted by Gasteiger charge is -2.66. The molecule has 6 aliphatic rings. The summed E-state index contributed by atoms with van der Waals surface area (Å²) in [5, 5.41) is 23.1. The predicted octanol–water partition coefficient (Wildman–Crippen LogP) is 1.70. The molecule has 4 heteroatoms. The zero-order chi connectivity index (χ0) is 17.3. The number of anilines is 1. The highest BCUT2D eigenvalue weighted by Gasteiger charge is 2.82. The zero-order valence-electron chi connectivity index (χ0n) is 15.3. The minimum Gasteiger partial charge on any atom is -0.392 e. The summed E-state index contributed by atoms with van der Waals surface area (Å²) in [6, 6.07) is 9.87. The highest BCUT2D eigenvalue weighted by Crippen LogP contribution is 2.70. The lowest BCUT2D eigenvalue weighted by molar-refractivity contribution is -1.02. The first-order valence-corrected chi connectivity index (χ1v) is 10.0. The Labute approximate surface area is 149 Å². The van der Waals surface area contributed by atoms with E-state index >= 15 is 0 Å². The number of hydrogen-bond acceptors (Lipinski definition) is 3. The molecule has 1 saturated carbocycles. The minimum absolute atomic E-state index is 0.125. The highest BCUT2D eigenvalue weighted by atomic mass is 16.3. The van der Waals surface area contributed by atoms with E-state index in [0.717, 1.165) is 23.7 Å². The summed E-state index contributed by atoms with van der Waals surface area (Å²) in [6.45, 7) is 2.21. The zero-order valence-corrected chi connectivity index (χ0v) is 15.3. The number of piperidine rings is 4. The fourth-order valence-corrected chi connectivity index (χ4v) is 8.58. The number of aliphatic hydroxyl groups excluding tert-OH is 2. The molecule has 0 amide bonds. The number of nitrogens with zero attached hydrogens (tertiary/aromatic N) is 2. The summed E-state index contributed by atoms with van der Waals surface area (Å²) in [5.41, 5.74) is 2.54. The summed E-state index contributed by atoms with van der Waals surface area (Å²) in [7, 11) is 4.51. The maximum absolute atomic E-state index is 11.7. The molecule has 1 aromatic carbocycles. The third-order valence-electron chi connectivity index (χ3n) is 9.39. The molecule has 0 radical (unpaired) electrons. The number of para-hydroxylation sites is 1. The molecular weight excluding hydrogens is 312 g/mol. The maximum atomic E-state index is 11.7. The molecule has 5 aliphatic heterocycles. The van der Waals surface area contributed by atoms with E-state index in [9.17, 15) is 10.2 Å². The van der Waals surface area contributed by atoms with Gasteiger partial charge in [0.1, 0.15) is 6.04 Å². The van der Waals surface area contributed by atoms with Crippen molar-refractivity contribution in [2.75, 3.05) is 19.0 Å². The summed E-state index contributed by atoms with van der Waals surface area (Å²) in [5.74, 6) is 1.17. The van der Waals surface area contributed by atoms with Crippen molar-refractivity contribution < 1.29 is 14.7 Å². The van der Waals surface area contributed by atoms with E-state index < -0.39 is 0 Å². The van der Waals surface area contributed by atoms with E-state index in [1.165, 1.54) is 11.3 Å². The van der Waals surface area contributed by atoms with Gasteiger partial charge in [-0.25, -0.2) is 0 Å². The van der Waals surface area contributed by atoms with Crippen LogP contribution in [0.25, 0.3) is 0 Å². The standard InChI is InChI=1S/C21H29N2O2/c1-4-11-12-9-15-18-21(13-7-5-6-8-14(13)22(18)2)10-16(17(12)19(21)24)23(15,3)20(11)25/h5-8,11-12,15-20,24-25H,4,9-10H2,1-3H3/q+1/t11-,12-,15-,16-,17-,18-,19?,20+,21+,23?/m0/s1. The Hall–Kier alpha value is -1.10. The number of likely N-dealkylation sites (N-methyl/N-ethyl adjacent to an activating group) is 2. The van der Waals surface area contributed by atoms with Gasteiger partial charge in [-0.2, -0.15) is 0 Å². The van der Waals surface area contributed by atoms with Crippen LogP contribution in [0.2, 0.25) is 0 Å². The molecule has 5 fully saturated rings. The molecule has 1 aromatic rings. The normalized spacial score (nSPS) is 57.1. The van der Waals surface area contributed by atoms with Crippen LogP contribution in [0.5, 0.6) is 0 Å². The van der Waals surface area contributed by atoms with Crippen LogP contribution in [0.4, 0.5) is 5.69 Å². The molecule has 7 rings (SSSR count). The van der Waals surface area contributed by atoms with E-state index in [4.69, 9.17) is 0 Å². The topological polar surface area (TPSA) is 43.7 Å². The first-order valence-electron chi connectivity index (χ1n) is 10.0. The monoisotopic (exact) mass is 341 g/mol. The van der Waals surface area contributed by atoms with Gasteiger partial charge in [0.25, 0.3) is 0 Å². The van der Waals surface area contributed by atoms with Crippen molar-refractivity contribution >= 4 is 5.69 Å². The Balaban J connectivity index is 1.63. The molecule has 1 aliphatic carbocycles. The molecule has 2 N–H and O–H groups in total. The third kappa shape index (κ3) is 1.27. The van der Waals surface area contributed by atoms with E-state index in [2.05, 4.69) is 50.2 Å². The number of benzene rings is 1. The predicted molar refractivity (Wildman–Crippen MR) is 96.1 cm³/mol. The second-order valence-corrected chi connectivity index (χ2v) is 9.58. The van der Waals surface area contributed by atoms with Crippen LogP contribution in [-0.2, 0) is 5.41 Å². The molecule has 5 heterocycles. The largest absolute Gasteiger partial charge is 0.392 e. The van der Waals surface area contributed by atoms with Crippen molar-refractivity contribution in [2.24, 2.45) is 17.8 Å². The summed E-state index contributed by atoms with van der Waals surface area (Å²) in [4.78, 5) is 2.44. The SMILES string of the molecule is CC[C@H]1[C@@H]2C[C@H]3[C@@H]4N(C)c5ccccc5[C@]45C[C@@H]([C@H]2C5O)[N+]3(C)[C@@H]1O. The van der Waals surface area contributed by atoms with E-state index in [1.54, 1.807) is 0 Å². The van der Waals surface area contributed by atoms with Crippen molar-refractivity contribution in [1.82, 2.24) is 0 Å². The van der Waals surface area contributed by atoms with Crippen molar-refractivity contribution in [2.45, 2.75) is 62.1 Å². The van der Waals surface area contributed by atoms with Gasteiger partial charge in [0.2, 0.25) is 0 Å². The van der Waals surface area contributed by atoms with Crippen LogP contribution in [0, 0.1) is 17.8 Å². The van der Waals surface area contributed by atoms with Gasteiger partial charge < -0.3 is 15.1 Å². The van der Waals surface area contributed by atoms with Crippen LogP contribution in [0.3, 0.4) is 0 Å². The van der Waals surface area contributed by atoms with Crippen molar-refractivity contribution in [3.8, 4) is 0 Å². The van der Waals surface area contributed by atoms with Gasteiger partial charge in [-0.05, 0) is 24.0 Å². The minimum atomic E-state index is -0.273. The van der Waals surface area contributed by atoms with Gasteiger partial charge in [0.15, 0.2) is 6.23 Å². The summed E-state index contributed by atoms with van der Waals surface area (Å²) >= 11 is 0. The number of rotatable bonds is 1. The van der Waals surface area contributed by atoms with Crippen molar-refractivity contribution in [1.29, 1.82) is 0 Å². The first-order chi connectivity index (χ1) is 12.0. The van der Waals surface area contributed by atoms with Gasteiger partial charge in [-0.1, -0.05) is 25.1 Å². The summed E-state index contributed by atoms with van der Waals surface area (Å²) < 4.78 is 0.779. The average molecular weight is 341 g/mol. The van der Waals surface area contributed by atoms with Gasteiger partial charge in [0, 0.05) is 37.4 Å². The molecule has 5 bridgehead atoms. The number of fused-ring (bicyclic) bond motifs is 2. The molecule has 4 nitrogen and oxygen atoms in total. The maximum Gasteiger partial charge on any atom is 0.193 e. The van der Waals surface area contributed by atoms with Gasteiger partial charge in [0.05, 0.1) is 30.7 Å². The summed E-state index contributed by atoms with van der Waals surface area (Å²) in [6.07, 6.45) is 2.67.